The molecule has 1 atom stereocenters. The molecule has 1 saturated heterocycles. The molecule has 7 nitrogen and oxygen atoms in total. The Hall–Kier alpha value is -0.930. The van der Waals surface area contributed by atoms with Crippen LogP contribution in [-0.4, -0.2) is 47.4 Å². The van der Waals surface area contributed by atoms with Gasteiger partial charge in [-0.1, -0.05) is 6.92 Å². The first kappa shape index (κ1) is 16.4. The Bertz CT molecular complexity index is 522. The maximum atomic E-state index is 12.1. The number of ether oxygens (including phenoxy) is 2. The Morgan fingerprint density at radius 2 is 2.19 bits per heavy atom. The van der Waals surface area contributed by atoms with Gasteiger partial charge in [-0.2, -0.15) is 0 Å². The highest BCUT2D eigenvalue weighted by atomic mass is 32.2. The van der Waals surface area contributed by atoms with Gasteiger partial charge in [0.2, 0.25) is 5.09 Å². The van der Waals surface area contributed by atoms with E-state index in [4.69, 9.17) is 13.9 Å². The lowest BCUT2D eigenvalue weighted by atomic mass is 10.3. The number of hydrogen-bond acceptors (Lipinski definition) is 6. The van der Waals surface area contributed by atoms with Crippen LogP contribution in [0.5, 0.6) is 0 Å². The largest absolute Gasteiger partial charge is 0.447 e. The smallest absolute Gasteiger partial charge is 0.274 e. The summed E-state index contributed by atoms with van der Waals surface area (Å²) < 4.78 is 42.6. The third-order valence-electron chi connectivity index (χ3n) is 3.01. The van der Waals surface area contributed by atoms with Crippen molar-refractivity contribution in [2.45, 2.75) is 31.1 Å². The number of furan rings is 1. The van der Waals surface area contributed by atoms with E-state index in [9.17, 15) is 8.42 Å². The average Bonchev–Trinajstić information content (AvgIpc) is 2.96. The van der Waals surface area contributed by atoms with Crippen LogP contribution in [0.3, 0.4) is 0 Å². The second kappa shape index (κ2) is 7.90. The van der Waals surface area contributed by atoms with E-state index in [1.165, 1.54) is 6.07 Å². The Morgan fingerprint density at radius 1 is 1.33 bits per heavy atom. The van der Waals surface area contributed by atoms with Crippen LogP contribution in [0.15, 0.2) is 21.6 Å². The summed E-state index contributed by atoms with van der Waals surface area (Å²) in [6.07, 6.45) is 0.755. The van der Waals surface area contributed by atoms with E-state index < -0.39 is 10.0 Å². The van der Waals surface area contributed by atoms with E-state index in [2.05, 4.69) is 17.0 Å². The molecule has 2 rings (SSSR count). The molecule has 1 aromatic rings. The quantitative estimate of drug-likeness (QED) is 0.677. The highest BCUT2D eigenvalue weighted by Crippen LogP contribution is 2.14. The number of rotatable bonds is 8. The van der Waals surface area contributed by atoms with Crippen LogP contribution in [-0.2, 0) is 26.0 Å². The molecule has 0 radical (unpaired) electrons. The fraction of sp³-hybridized carbons (Fsp3) is 0.692. The van der Waals surface area contributed by atoms with Crippen molar-refractivity contribution in [1.29, 1.82) is 0 Å². The monoisotopic (exact) mass is 318 g/mol. The first-order valence-corrected chi connectivity index (χ1v) is 8.58. The molecule has 0 aliphatic carbocycles. The lowest BCUT2D eigenvalue weighted by Crippen LogP contribution is -2.39. The van der Waals surface area contributed by atoms with Gasteiger partial charge in [0.15, 0.2) is 0 Å². The summed E-state index contributed by atoms with van der Waals surface area (Å²) in [5, 5.41) is 3.08. The van der Waals surface area contributed by atoms with Gasteiger partial charge in [0.05, 0.1) is 32.5 Å². The minimum atomic E-state index is -3.65. The van der Waals surface area contributed by atoms with Crippen molar-refractivity contribution in [1.82, 2.24) is 10.0 Å². The highest BCUT2D eigenvalue weighted by molar-refractivity contribution is 7.89. The summed E-state index contributed by atoms with van der Waals surface area (Å²) in [5.41, 5.74) is 0. The van der Waals surface area contributed by atoms with Gasteiger partial charge in [0.1, 0.15) is 5.76 Å². The molecule has 1 fully saturated rings. The molecule has 1 aromatic heterocycles. The molecule has 1 unspecified atom stereocenters. The fourth-order valence-electron chi connectivity index (χ4n) is 1.91. The van der Waals surface area contributed by atoms with Crippen molar-refractivity contribution < 1.29 is 22.3 Å². The Kier molecular flexibility index (Phi) is 6.19. The zero-order valence-corrected chi connectivity index (χ0v) is 12.9. The summed E-state index contributed by atoms with van der Waals surface area (Å²) in [5.74, 6) is 0.598. The van der Waals surface area contributed by atoms with Crippen LogP contribution in [0, 0.1) is 0 Å². The normalized spacial score (nSPS) is 19.8. The average molecular weight is 318 g/mol. The third-order valence-corrected chi connectivity index (χ3v) is 4.31. The van der Waals surface area contributed by atoms with Gasteiger partial charge in [0, 0.05) is 6.54 Å². The topological polar surface area (TPSA) is 89.8 Å². The third kappa shape index (κ3) is 5.08. The maximum absolute atomic E-state index is 12.1. The minimum absolute atomic E-state index is 0.0764. The minimum Gasteiger partial charge on any atom is -0.447 e. The zero-order valence-electron chi connectivity index (χ0n) is 12.1. The molecule has 21 heavy (non-hydrogen) atoms. The van der Waals surface area contributed by atoms with Crippen molar-refractivity contribution >= 4 is 10.0 Å². The maximum Gasteiger partial charge on any atom is 0.274 e. The fourth-order valence-corrected chi connectivity index (χ4v) is 2.93. The van der Waals surface area contributed by atoms with E-state index in [1.54, 1.807) is 6.07 Å². The summed E-state index contributed by atoms with van der Waals surface area (Å²) in [7, 11) is -3.65. The van der Waals surface area contributed by atoms with Gasteiger partial charge < -0.3 is 19.2 Å². The summed E-state index contributed by atoms with van der Waals surface area (Å²) >= 11 is 0. The van der Waals surface area contributed by atoms with E-state index in [0.29, 0.717) is 32.1 Å². The van der Waals surface area contributed by atoms with Crippen LogP contribution < -0.4 is 10.0 Å². The van der Waals surface area contributed by atoms with E-state index in [-0.39, 0.29) is 17.7 Å². The van der Waals surface area contributed by atoms with Gasteiger partial charge in [-0.3, -0.25) is 0 Å². The molecule has 2 N–H and O–H groups in total. The van der Waals surface area contributed by atoms with Crippen LogP contribution in [0.1, 0.15) is 19.1 Å². The molecule has 0 bridgehead atoms. The molecule has 1 aliphatic heterocycles. The summed E-state index contributed by atoms with van der Waals surface area (Å²) in [4.78, 5) is 0. The van der Waals surface area contributed by atoms with E-state index >= 15 is 0 Å². The van der Waals surface area contributed by atoms with Crippen molar-refractivity contribution in [3.05, 3.63) is 17.9 Å². The predicted octanol–water partition coefficient (Wildman–Crippen LogP) is 0.473. The standard InChI is InChI=1S/C13H22N2O5S/c1-2-5-14-8-11-3-4-13(20-11)21(16,17)15-9-12-10-18-6-7-19-12/h3-4,12,14-15H,2,5-10H2,1H3. The van der Waals surface area contributed by atoms with Crippen LogP contribution in [0.2, 0.25) is 0 Å². The van der Waals surface area contributed by atoms with Crippen LogP contribution in [0.25, 0.3) is 0 Å². The van der Waals surface area contributed by atoms with Crippen molar-refractivity contribution in [2.24, 2.45) is 0 Å². The van der Waals surface area contributed by atoms with E-state index in [0.717, 1.165) is 13.0 Å². The predicted molar refractivity (Wildman–Crippen MR) is 76.5 cm³/mol. The van der Waals surface area contributed by atoms with Gasteiger partial charge in [-0.15, -0.1) is 0 Å². The molecule has 2 heterocycles. The SMILES string of the molecule is CCCNCc1ccc(S(=O)(=O)NCC2COCCO2)o1. The lowest BCUT2D eigenvalue weighted by Gasteiger charge is -2.22. The number of sulfonamides is 1. The lowest BCUT2D eigenvalue weighted by molar-refractivity contribution is -0.0847. The molecule has 0 aromatic carbocycles. The first-order chi connectivity index (χ1) is 10.1. The van der Waals surface area contributed by atoms with E-state index in [1.807, 2.05) is 0 Å². The molecular weight excluding hydrogens is 296 g/mol. The molecule has 0 saturated carbocycles. The zero-order chi connectivity index (χ0) is 15.1. The summed E-state index contributed by atoms with van der Waals surface area (Å²) in [6, 6.07) is 3.13. The number of nitrogens with one attached hydrogen (secondary N) is 2. The van der Waals surface area contributed by atoms with Crippen molar-refractivity contribution in [2.75, 3.05) is 32.9 Å². The summed E-state index contributed by atoms with van der Waals surface area (Å²) in [6.45, 7) is 5.05. The van der Waals surface area contributed by atoms with Gasteiger partial charge in [-0.05, 0) is 25.1 Å². The first-order valence-electron chi connectivity index (χ1n) is 7.10. The Labute approximate surface area is 125 Å². The van der Waals surface area contributed by atoms with Crippen molar-refractivity contribution in [3.63, 3.8) is 0 Å². The van der Waals surface area contributed by atoms with Crippen LogP contribution >= 0.6 is 0 Å². The second-order valence-electron chi connectivity index (χ2n) is 4.82. The van der Waals surface area contributed by atoms with Crippen molar-refractivity contribution in [3.8, 4) is 0 Å². The molecule has 120 valence electrons. The molecular formula is C13H22N2O5S. The number of hydrogen-bond donors (Lipinski definition) is 2. The Morgan fingerprint density at radius 3 is 2.90 bits per heavy atom. The molecule has 8 heteroatoms. The molecule has 0 spiro atoms. The Balaban J connectivity index is 1.86. The highest BCUT2D eigenvalue weighted by Gasteiger charge is 2.22. The van der Waals surface area contributed by atoms with Gasteiger partial charge in [0.25, 0.3) is 10.0 Å². The molecule has 1 aliphatic rings. The van der Waals surface area contributed by atoms with Gasteiger partial charge >= 0.3 is 0 Å². The van der Waals surface area contributed by atoms with Gasteiger partial charge in [-0.25, -0.2) is 13.1 Å². The molecule has 0 amide bonds. The van der Waals surface area contributed by atoms with Crippen LogP contribution in [0.4, 0.5) is 0 Å². The second-order valence-corrected chi connectivity index (χ2v) is 6.52.